The molecule has 0 bridgehead atoms. The van der Waals surface area contributed by atoms with Crippen LogP contribution in [0.5, 0.6) is 0 Å². The van der Waals surface area contributed by atoms with Gasteiger partial charge in [0.25, 0.3) is 11.8 Å². The number of likely N-dealkylation sites (N-methyl/N-ethyl adjacent to an activating group) is 1. The minimum Gasteiger partial charge on any atom is -0.441 e. The second kappa shape index (κ2) is 7.92. The van der Waals surface area contributed by atoms with Crippen molar-refractivity contribution in [2.75, 3.05) is 13.6 Å². The molecule has 34 heavy (non-hydrogen) atoms. The number of primary amides is 1. The van der Waals surface area contributed by atoms with Gasteiger partial charge in [-0.1, -0.05) is 23.4 Å². The Hall–Kier alpha value is -4.31. The minimum absolute atomic E-state index is 0.0850. The largest absolute Gasteiger partial charge is 0.441 e. The van der Waals surface area contributed by atoms with E-state index in [2.05, 4.69) is 15.1 Å². The van der Waals surface area contributed by atoms with Crippen LogP contribution in [0.4, 0.5) is 0 Å². The van der Waals surface area contributed by atoms with Gasteiger partial charge < -0.3 is 24.7 Å². The average Bonchev–Trinajstić information content (AvgIpc) is 3.56. The molecule has 0 aliphatic carbocycles. The maximum Gasteiger partial charge on any atom is 0.267 e. The summed E-state index contributed by atoms with van der Waals surface area (Å²) in [6.45, 7) is 2.15. The van der Waals surface area contributed by atoms with E-state index < -0.39 is 17.4 Å². The molecule has 3 N–H and O–H groups in total. The van der Waals surface area contributed by atoms with Crippen LogP contribution in [0.3, 0.4) is 0 Å². The normalized spacial score (nSPS) is 18.0. The maximum absolute atomic E-state index is 12.4. The molecule has 1 aromatic carbocycles. The highest BCUT2D eigenvalue weighted by atomic mass is 16.5. The molecule has 1 unspecified atom stereocenters. The predicted octanol–water partition coefficient (Wildman–Crippen LogP) is 2.52. The van der Waals surface area contributed by atoms with Gasteiger partial charge >= 0.3 is 0 Å². The highest BCUT2D eigenvalue weighted by Crippen LogP contribution is 2.35. The Bertz CT molecular complexity index is 1420. The summed E-state index contributed by atoms with van der Waals surface area (Å²) in [6.07, 6.45) is 1.80. The summed E-state index contributed by atoms with van der Waals surface area (Å²) >= 11 is 0. The van der Waals surface area contributed by atoms with Crippen LogP contribution in [0.15, 0.2) is 57.6 Å². The molecule has 172 valence electrons. The lowest BCUT2D eigenvalue weighted by Crippen LogP contribution is -2.35. The van der Waals surface area contributed by atoms with E-state index >= 15 is 0 Å². The molecule has 1 fully saturated rings. The molecule has 1 aliphatic heterocycles. The summed E-state index contributed by atoms with van der Waals surface area (Å²) in [5.74, 6) is -0.0199. The molecule has 4 aromatic rings. The highest BCUT2D eigenvalue weighted by Gasteiger charge is 2.48. The van der Waals surface area contributed by atoms with Gasteiger partial charge in [0.15, 0.2) is 17.4 Å². The molecule has 4 heterocycles. The van der Waals surface area contributed by atoms with E-state index in [0.29, 0.717) is 46.3 Å². The first kappa shape index (κ1) is 21.5. The van der Waals surface area contributed by atoms with Crippen LogP contribution >= 0.6 is 0 Å². The Morgan fingerprint density at radius 2 is 1.91 bits per heavy atom. The summed E-state index contributed by atoms with van der Waals surface area (Å²) < 4.78 is 11.0. The molecular formula is C24H21N5O5. The number of rotatable bonds is 5. The Morgan fingerprint density at radius 3 is 2.56 bits per heavy atom. The number of carbonyl (C=O) groups excluding carboxylic acids is 2. The number of hydrogen-bond acceptors (Lipinski definition) is 8. The molecule has 0 radical (unpaired) electrons. The SMILES string of the molecule is Cc1ncc(-c2cc(C(N)=O)nc(-c3cccc(-c4cc(C5(O)CCN(C)C5=O)on4)c3)c2)o1. The quantitative estimate of drug-likeness (QED) is 0.462. The number of benzene rings is 1. The van der Waals surface area contributed by atoms with Crippen molar-refractivity contribution in [1.29, 1.82) is 0 Å². The molecule has 1 atom stereocenters. The van der Waals surface area contributed by atoms with E-state index in [1.165, 1.54) is 4.90 Å². The lowest BCUT2D eigenvalue weighted by atomic mass is 9.97. The Labute approximate surface area is 194 Å². The molecule has 10 heteroatoms. The van der Waals surface area contributed by atoms with Gasteiger partial charge in [0.1, 0.15) is 11.4 Å². The Morgan fingerprint density at radius 1 is 1.15 bits per heavy atom. The number of amides is 2. The van der Waals surface area contributed by atoms with Gasteiger partial charge in [0.05, 0.1) is 11.9 Å². The highest BCUT2D eigenvalue weighted by molar-refractivity contribution is 5.93. The number of aromatic nitrogens is 3. The van der Waals surface area contributed by atoms with Crippen molar-refractivity contribution < 1.29 is 23.6 Å². The monoisotopic (exact) mass is 459 g/mol. The van der Waals surface area contributed by atoms with Gasteiger partial charge in [0.2, 0.25) is 5.60 Å². The topological polar surface area (TPSA) is 149 Å². The summed E-state index contributed by atoms with van der Waals surface area (Å²) in [6, 6.07) is 12.2. The molecule has 1 aliphatic rings. The predicted molar refractivity (Wildman–Crippen MR) is 120 cm³/mol. The van der Waals surface area contributed by atoms with Crippen LogP contribution in [0.1, 0.15) is 28.6 Å². The van der Waals surface area contributed by atoms with Gasteiger partial charge in [-0.2, -0.15) is 0 Å². The first-order chi connectivity index (χ1) is 16.2. The molecule has 10 nitrogen and oxygen atoms in total. The summed E-state index contributed by atoms with van der Waals surface area (Å²) in [7, 11) is 1.63. The van der Waals surface area contributed by atoms with Gasteiger partial charge in [0, 0.05) is 49.7 Å². The lowest BCUT2D eigenvalue weighted by molar-refractivity contribution is -0.144. The fraction of sp³-hybridized carbons (Fsp3) is 0.208. The van der Waals surface area contributed by atoms with Crippen molar-refractivity contribution in [3.05, 3.63) is 66.0 Å². The van der Waals surface area contributed by atoms with Crippen molar-refractivity contribution in [1.82, 2.24) is 20.0 Å². The third-order valence-corrected chi connectivity index (χ3v) is 5.86. The lowest BCUT2D eigenvalue weighted by Gasteiger charge is -2.16. The van der Waals surface area contributed by atoms with Crippen molar-refractivity contribution in [2.24, 2.45) is 5.73 Å². The summed E-state index contributed by atoms with van der Waals surface area (Å²) in [5, 5.41) is 14.9. The molecule has 0 spiro atoms. The fourth-order valence-electron chi connectivity index (χ4n) is 3.97. The number of oxazole rings is 1. The maximum atomic E-state index is 12.4. The van der Waals surface area contributed by atoms with Crippen LogP contribution in [0.2, 0.25) is 0 Å². The van der Waals surface area contributed by atoms with E-state index in [1.807, 2.05) is 18.2 Å². The fourth-order valence-corrected chi connectivity index (χ4v) is 3.97. The van der Waals surface area contributed by atoms with Crippen LogP contribution in [-0.2, 0) is 10.4 Å². The van der Waals surface area contributed by atoms with Crippen molar-refractivity contribution >= 4 is 11.8 Å². The second-order valence-corrected chi connectivity index (χ2v) is 8.23. The molecule has 0 saturated carbocycles. The molecule has 1 saturated heterocycles. The number of nitrogens with two attached hydrogens (primary N) is 1. The van der Waals surface area contributed by atoms with Crippen LogP contribution in [0.25, 0.3) is 33.8 Å². The zero-order valence-corrected chi connectivity index (χ0v) is 18.5. The van der Waals surface area contributed by atoms with E-state index in [9.17, 15) is 14.7 Å². The zero-order chi connectivity index (χ0) is 24.0. The standard InChI is InChI=1S/C24H21N5O5/c1-13-26-12-20(33-13)16-9-17(27-19(10-16)22(25)30)14-4-3-5-15(8-14)18-11-21(34-28-18)24(32)6-7-29(2)23(24)31/h3-5,8-12,32H,6-7H2,1-2H3,(H2,25,30). The number of pyridine rings is 1. The van der Waals surface area contributed by atoms with Gasteiger partial charge in [-0.3, -0.25) is 9.59 Å². The van der Waals surface area contributed by atoms with Gasteiger partial charge in [-0.25, -0.2) is 9.97 Å². The number of aryl methyl sites for hydroxylation is 1. The third kappa shape index (κ3) is 3.63. The van der Waals surface area contributed by atoms with Gasteiger partial charge in [-0.15, -0.1) is 0 Å². The summed E-state index contributed by atoms with van der Waals surface area (Å²) in [4.78, 5) is 34.2. The van der Waals surface area contributed by atoms with Crippen molar-refractivity contribution in [2.45, 2.75) is 18.9 Å². The molecule has 3 aromatic heterocycles. The Balaban J connectivity index is 1.53. The number of aliphatic hydroxyl groups is 1. The van der Waals surface area contributed by atoms with E-state index in [0.717, 1.165) is 0 Å². The van der Waals surface area contributed by atoms with Crippen LogP contribution < -0.4 is 5.73 Å². The average molecular weight is 459 g/mol. The number of hydrogen-bond donors (Lipinski definition) is 2. The van der Waals surface area contributed by atoms with Crippen molar-refractivity contribution in [3.63, 3.8) is 0 Å². The first-order valence-electron chi connectivity index (χ1n) is 10.6. The number of likely N-dealkylation sites (tertiary alicyclic amines) is 1. The van der Waals surface area contributed by atoms with Crippen LogP contribution in [-0.4, -0.2) is 50.5 Å². The summed E-state index contributed by atoms with van der Waals surface area (Å²) in [5.41, 5.74) is 6.80. The van der Waals surface area contributed by atoms with Crippen LogP contribution in [0, 0.1) is 6.92 Å². The zero-order valence-electron chi connectivity index (χ0n) is 18.5. The molecule has 2 amide bonds. The number of nitrogens with zero attached hydrogens (tertiary/aromatic N) is 4. The smallest absolute Gasteiger partial charge is 0.267 e. The van der Waals surface area contributed by atoms with Gasteiger partial charge in [-0.05, 0) is 18.2 Å². The molecule has 5 rings (SSSR count). The third-order valence-electron chi connectivity index (χ3n) is 5.86. The van der Waals surface area contributed by atoms with E-state index in [4.69, 9.17) is 14.7 Å². The minimum atomic E-state index is -1.72. The van der Waals surface area contributed by atoms with Crippen molar-refractivity contribution in [3.8, 4) is 33.8 Å². The first-order valence-corrected chi connectivity index (χ1v) is 10.6. The van der Waals surface area contributed by atoms with E-state index in [1.54, 1.807) is 44.4 Å². The Kier molecular flexibility index (Phi) is 5.02. The van der Waals surface area contributed by atoms with E-state index in [-0.39, 0.29) is 17.9 Å². The number of carbonyl (C=O) groups is 2. The second-order valence-electron chi connectivity index (χ2n) is 8.23. The molecular weight excluding hydrogens is 438 g/mol.